The highest BCUT2D eigenvalue weighted by Crippen LogP contribution is 2.10. The van der Waals surface area contributed by atoms with Crippen molar-refractivity contribution in [3.63, 3.8) is 0 Å². The molecule has 0 atom stereocenters. The first-order valence-electron chi connectivity index (χ1n) is 10.3. The molecule has 0 bridgehead atoms. The molecule has 4 aromatic rings. The van der Waals surface area contributed by atoms with Crippen molar-refractivity contribution in [2.45, 2.75) is 12.5 Å². The van der Waals surface area contributed by atoms with Gasteiger partial charge in [-0.3, -0.25) is 0 Å². The van der Waals surface area contributed by atoms with E-state index in [-0.39, 0.29) is 0 Å². The second-order valence-electron chi connectivity index (χ2n) is 7.38. The lowest BCUT2D eigenvalue weighted by atomic mass is 10.1. The smallest absolute Gasteiger partial charge is 0.103 e. The van der Waals surface area contributed by atoms with Crippen LogP contribution in [-0.2, 0) is 12.5 Å². The summed E-state index contributed by atoms with van der Waals surface area (Å²) < 4.78 is 0. The van der Waals surface area contributed by atoms with Crippen LogP contribution in [0.5, 0.6) is 0 Å². The zero-order chi connectivity index (χ0) is 20.6. The van der Waals surface area contributed by atoms with Crippen molar-refractivity contribution in [3.05, 3.63) is 138 Å². The fourth-order valence-corrected chi connectivity index (χ4v) is 7.55. The van der Waals surface area contributed by atoms with Gasteiger partial charge in [-0.05, 0) is 18.0 Å². The average Bonchev–Trinajstić information content (AvgIpc) is 2.81. The van der Waals surface area contributed by atoms with E-state index in [2.05, 4.69) is 122 Å². The number of hydrogen-bond donors (Lipinski definition) is 0. The Kier molecular flexibility index (Phi) is 6.91. The van der Waals surface area contributed by atoms with E-state index < -0.39 is 8.80 Å². The molecular formula is C28H25Si2. The summed E-state index contributed by atoms with van der Waals surface area (Å²) in [4.78, 5) is 0. The van der Waals surface area contributed by atoms with Gasteiger partial charge in [0.25, 0.3) is 0 Å². The SMILES string of the molecule is C=C(Cc1ccccc1[Si]Cc1ccccc1)[Si](c1ccccc1)c1ccccc1. The fraction of sp³-hybridized carbons (Fsp3) is 0.0714. The molecule has 30 heavy (non-hydrogen) atoms. The molecule has 0 N–H and O–H groups in total. The molecule has 0 amide bonds. The summed E-state index contributed by atoms with van der Waals surface area (Å²) in [6.07, 6.45) is 0.941. The molecule has 0 fully saturated rings. The lowest BCUT2D eigenvalue weighted by Crippen LogP contribution is -2.44. The zero-order valence-corrected chi connectivity index (χ0v) is 19.1. The van der Waals surface area contributed by atoms with Crippen molar-refractivity contribution < 1.29 is 0 Å². The van der Waals surface area contributed by atoms with E-state index in [1.165, 1.54) is 31.9 Å². The van der Waals surface area contributed by atoms with Crippen molar-refractivity contribution in [3.8, 4) is 0 Å². The first-order valence-corrected chi connectivity index (χ1v) is 13.0. The van der Waals surface area contributed by atoms with Crippen molar-refractivity contribution in [2.75, 3.05) is 0 Å². The van der Waals surface area contributed by atoms with Gasteiger partial charge in [0.1, 0.15) is 8.80 Å². The minimum absolute atomic E-state index is 0.777. The number of allylic oxidation sites excluding steroid dienone is 1. The summed E-state index contributed by atoms with van der Waals surface area (Å²) in [5, 5.41) is 5.62. The summed E-state index contributed by atoms with van der Waals surface area (Å²) in [5.41, 5.74) is 2.83. The van der Waals surface area contributed by atoms with Crippen LogP contribution in [0.1, 0.15) is 11.1 Å². The Balaban J connectivity index is 1.57. The maximum atomic E-state index is 4.61. The molecule has 0 aliphatic carbocycles. The number of rotatable bonds is 8. The zero-order valence-electron chi connectivity index (χ0n) is 17.1. The highest BCUT2D eigenvalue weighted by molar-refractivity contribution is 6.90. The molecule has 2 heteroatoms. The van der Waals surface area contributed by atoms with Gasteiger partial charge < -0.3 is 0 Å². The highest BCUT2D eigenvalue weighted by Gasteiger charge is 2.21. The average molecular weight is 418 g/mol. The van der Waals surface area contributed by atoms with E-state index in [4.69, 9.17) is 0 Å². The van der Waals surface area contributed by atoms with Crippen LogP contribution in [0.2, 0.25) is 0 Å². The molecule has 0 saturated carbocycles. The highest BCUT2D eigenvalue weighted by atomic mass is 28.3. The van der Waals surface area contributed by atoms with Crippen molar-refractivity contribution >= 4 is 33.9 Å². The van der Waals surface area contributed by atoms with Crippen LogP contribution >= 0.6 is 0 Å². The number of hydrogen-bond acceptors (Lipinski definition) is 0. The molecule has 0 aliphatic rings. The first-order chi connectivity index (χ1) is 14.8. The van der Waals surface area contributed by atoms with E-state index in [1.54, 1.807) is 0 Å². The van der Waals surface area contributed by atoms with Gasteiger partial charge in [-0.25, -0.2) is 0 Å². The third-order valence-corrected chi connectivity index (χ3v) is 9.38. The van der Waals surface area contributed by atoms with Crippen molar-refractivity contribution in [1.29, 1.82) is 0 Å². The molecule has 4 aromatic carbocycles. The molecule has 0 spiro atoms. The second-order valence-corrected chi connectivity index (χ2v) is 11.2. The first kappa shape index (κ1) is 20.3. The Labute approximate surface area is 184 Å². The lowest BCUT2D eigenvalue weighted by molar-refractivity contribution is 1.25. The minimum atomic E-state index is -1.05. The maximum Gasteiger partial charge on any atom is 0.150 e. The topological polar surface area (TPSA) is 0 Å². The van der Waals surface area contributed by atoms with Gasteiger partial charge in [0.15, 0.2) is 0 Å². The molecule has 0 unspecified atom stereocenters. The largest absolute Gasteiger partial charge is 0.150 e. The van der Waals surface area contributed by atoms with Crippen molar-refractivity contribution in [2.24, 2.45) is 0 Å². The van der Waals surface area contributed by atoms with Gasteiger partial charge >= 0.3 is 0 Å². The van der Waals surface area contributed by atoms with Gasteiger partial charge in [-0.15, -0.1) is 6.58 Å². The van der Waals surface area contributed by atoms with E-state index in [0.29, 0.717) is 0 Å². The summed E-state index contributed by atoms with van der Waals surface area (Å²) in [5.74, 6) is 0. The lowest BCUT2D eigenvalue weighted by Gasteiger charge is -2.20. The second kappa shape index (κ2) is 10.2. The van der Waals surface area contributed by atoms with Gasteiger partial charge in [0, 0.05) is 0 Å². The van der Waals surface area contributed by atoms with Crippen LogP contribution in [0, 0.1) is 0 Å². The standard InChI is InChI=1S/C28H25Si2/c1-23(30(26-16-7-3-8-17-26)27-18-9-4-10-19-27)21-25-15-11-12-20-28(25)29-22-24-13-5-2-6-14-24/h2-20H,1,21-22H2. The van der Waals surface area contributed by atoms with Gasteiger partial charge in [0.05, 0.1) is 9.52 Å². The van der Waals surface area contributed by atoms with Crippen LogP contribution in [-0.4, -0.2) is 18.3 Å². The Morgan fingerprint density at radius 3 is 1.73 bits per heavy atom. The van der Waals surface area contributed by atoms with Crippen LogP contribution in [0.4, 0.5) is 0 Å². The van der Waals surface area contributed by atoms with E-state index >= 15 is 0 Å². The Morgan fingerprint density at radius 1 is 0.633 bits per heavy atom. The van der Waals surface area contributed by atoms with E-state index in [1.807, 2.05) is 0 Å². The van der Waals surface area contributed by atoms with Gasteiger partial charge in [-0.1, -0.05) is 142 Å². The maximum absolute atomic E-state index is 4.61. The molecule has 0 heterocycles. The summed E-state index contributed by atoms with van der Waals surface area (Å²) >= 11 is 0. The summed E-state index contributed by atoms with van der Waals surface area (Å²) in [7, 11) is -0.272. The molecular weight excluding hydrogens is 392 g/mol. The number of benzene rings is 4. The Morgan fingerprint density at radius 2 is 1.13 bits per heavy atom. The predicted octanol–water partition coefficient (Wildman–Crippen LogP) is 4.16. The minimum Gasteiger partial charge on any atom is -0.103 e. The summed E-state index contributed by atoms with van der Waals surface area (Å²) in [6.45, 7) is 4.61. The molecule has 0 aliphatic heterocycles. The van der Waals surface area contributed by atoms with Crippen LogP contribution in [0.15, 0.2) is 127 Å². The van der Waals surface area contributed by atoms with E-state index in [0.717, 1.165) is 22.0 Å². The molecule has 3 radical (unpaired) electrons. The monoisotopic (exact) mass is 417 g/mol. The third-order valence-electron chi connectivity index (χ3n) is 5.23. The quantitative estimate of drug-likeness (QED) is 0.378. The molecule has 0 aromatic heterocycles. The fourth-order valence-electron chi connectivity index (χ4n) is 3.74. The van der Waals surface area contributed by atoms with E-state index in [9.17, 15) is 0 Å². The third kappa shape index (κ3) is 5.15. The van der Waals surface area contributed by atoms with Gasteiger partial charge in [0.2, 0.25) is 0 Å². The van der Waals surface area contributed by atoms with Crippen LogP contribution < -0.4 is 15.6 Å². The van der Waals surface area contributed by atoms with Crippen LogP contribution in [0.3, 0.4) is 0 Å². The Hall–Kier alpha value is -2.95. The van der Waals surface area contributed by atoms with Crippen LogP contribution in [0.25, 0.3) is 0 Å². The van der Waals surface area contributed by atoms with Gasteiger partial charge in [-0.2, -0.15) is 0 Å². The molecule has 0 nitrogen and oxygen atoms in total. The van der Waals surface area contributed by atoms with Crippen molar-refractivity contribution in [1.82, 2.24) is 0 Å². The normalized spacial score (nSPS) is 10.8. The summed E-state index contributed by atoms with van der Waals surface area (Å²) in [6, 6.07) is 42.6. The Bertz CT molecular complexity index is 1030. The molecule has 0 saturated heterocycles. The predicted molar refractivity (Wildman–Crippen MR) is 133 cm³/mol. The molecule has 4 rings (SSSR count). The molecule has 145 valence electrons.